The maximum absolute atomic E-state index is 12.9. The highest BCUT2D eigenvalue weighted by atomic mass is 16.2. The molecule has 1 aromatic heterocycles. The topological polar surface area (TPSA) is 61.0 Å². The smallest absolute Gasteiger partial charge is 0.275 e. The lowest BCUT2D eigenvalue weighted by atomic mass is 10.0. The summed E-state index contributed by atoms with van der Waals surface area (Å²) in [6.45, 7) is 4.88. The molecule has 0 radical (unpaired) electrons. The molecule has 0 atom stereocenters. The number of fused-ring (bicyclic) bond motifs is 1. The van der Waals surface area contributed by atoms with Gasteiger partial charge in [0.1, 0.15) is 0 Å². The van der Waals surface area contributed by atoms with Gasteiger partial charge in [0.15, 0.2) is 5.69 Å². The molecule has 2 aromatic rings. The number of H-pyrrole nitrogens is 1. The zero-order valence-corrected chi connectivity index (χ0v) is 12.4. The molecule has 1 fully saturated rings. The van der Waals surface area contributed by atoms with Crippen molar-refractivity contribution in [3.63, 3.8) is 0 Å². The molecule has 1 aromatic carbocycles. The summed E-state index contributed by atoms with van der Waals surface area (Å²) >= 11 is 0. The van der Waals surface area contributed by atoms with Crippen molar-refractivity contribution in [2.24, 2.45) is 0 Å². The molecule has 0 bridgehead atoms. The van der Waals surface area contributed by atoms with Gasteiger partial charge in [0.25, 0.3) is 5.91 Å². The number of nitrogens with zero attached hydrogens (tertiary/aromatic N) is 2. The highest BCUT2D eigenvalue weighted by molar-refractivity contribution is 6.04. The average molecular weight is 286 g/mol. The predicted octanol–water partition coefficient (Wildman–Crippen LogP) is 2.17. The number of rotatable bonds is 4. The monoisotopic (exact) mass is 286 g/mol. The van der Waals surface area contributed by atoms with E-state index in [2.05, 4.69) is 22.4 Å². The van der Waals surface area contributed by atoms with Gasteiger partial charge in [-0.1, -0.05) is 25.1 Å². The first-order chi connectivity index (χ1) is 10.3. The number of amides is 1. The summed E-state index contributed by atoms with van der Waals surface area (Å²) in [5.41, 5.74) is 1.47. The quantitative estimate of drug-likeness (QED) is 0.905. The minimum atomic E-state index is 0.0567. The Balaban J connectivity index is 1.89. The molecule has 21 heavy (non-hydrogen) atoms. The van der Waals surface area contributed by atoms with Crippen molar-refractivity contribution in [1.29, 1.82) is 0 Å². The summed E-state index contributed by atoms with van der Waals surface area (Å²) in [6, 6.07) is 8.13. The van der Waals surface area contributed by atoms with Crippen molar-refractivity contribution < 1.29 is 4.79 Å². The Bertz CT molecular complexity index is 616. The standard InChI is InChI=1S/C16H22N4O/c1-2-11-20(12-7-9-17-10-8-12)16(21)15-13-5-3-4-6-14(13)18-19-15/h3-6,12,17H,2,7-11H2,1H3,(H,18,19). The number of carbonyl (C=O) groups excluding carboxylic acids is 1. The first-order valence-electron chi connectivity index (χ1n) is 7.76. The average Bonchev–Trinajstić information content (AvgIpc) is 2.97. The summed E-state index contributed by atoms with van der Waals surface area (Å²) in [7, 11) is 0. The van der Waals surface area contributed by atoms with Crippen LogP contribution in [0.25, 0.3) is 10.9 Å². The highest BCUT2D eigenvalue weighted by Crippen LogP contribution is 2.20. The third-order valence-corrected chi connectivity index (χ3v) is 4.15. The molecule has 0 spiro atoms. The van der Waals surface area contributed by atoms with E-state index in [-0.39, 0.29) is 5.91 Å². The number of nitrogens with one attached hydrogen (secondary N) is 2. The number of hydrogen-bond acceptors (Lipinski definition) is 3. The van der Waals surface area contributed by atoms with Gasteiger partial charge < -0.3 is 10.2 Å². The maximum atomic E-state index is 12.9. The third kappa shape index (κ3) is 2.78. The lowest BCUT2D eigenvalue weighted by molar-refractivity contribution is 0.0638. The molecule has 5 nitrogen and oxygen atoms in total. The Kier molecular flexibility index (Phi) is 4.20. The van der Waals surface area contributed by atoms with Crippen molar-refractivity contribution in [3.05, 3.63) is 30.0 Å². The highest BCUT2D eigenvalue weighted by Gasteiger charge is 2.27. The zero-order chi connectivity index (χ0) is 14.7. The Labute approximate surface area is 124 Å². The Hall–Kier alpha value is -1.88. The van der Waals surface area contributed by atoms with Gasteiger partial charge in [0.05, 0.1) is 5.52 Å². The number of aromatic nitrogens is 2. The van der Waals surface area contributed by atoms with E-state index in [1.54, 1.807) is 0 Å². The van der Waals surface area contributed by atoms with Crippen molar-refractivity contribution >= 4 is 16.8 Å². The molecule has 0 unspecified atom stereocenters. The number of piperidine rings is 1. The molecule has 112 valence electrons. The van der Waals surface area contributed by atoms with Crippen LogP contribution < -0.4 is 5.32 Å². The number of aromatic amines is 1. The van der Waals surface area contributed by atoms with E-state index in [9.17, 15) is 4.79 Å². The lowest BCUT2D eigenvalue weighted by Crippen LogP contribution is -2.46. The molecule has 3 rings (SSSR count). The van der Waals surface area contributed by atoms with Crippen molar-refractivity contribution in [2.45, 2.75) is 32.2 Å². The van der Waals surface area contributed by atoms with Gasteiger partial charge in [0, 0.05) is 18.0 Å². The van der Waals surface area contributed by atoms with Crippen LogP contribution in [0.3, 0.4) is 0 Å². The predicted molar refractivity (Wildman–Crippen MR) is 83.3 cm³/mol. The zero-order valence-electron chi connectivity index (χ0n) is 12.4. The van der Waals surface area contributed by atoms with Crippen molar-refractivity contribution in [2.75, 3.05) is 19.6 Å². The van der Waals surface area contributed by atoms with Crippen LogP contribution in [0.5, 0.6) is 0 Å². The molecular weight excluding hydrogens is 264 g/mol. The minimum absolute atomic E-state index is 0.0567. The van der Waals surface area contributed by atoms with E-state index in [4.69, 9.17) is 0 Å². The number of hydrogen-bond donors (Lipinski definition) is 2. The van der Waals surface area contributed by atoms with Crippen LogP contribution >= 0.6 is 0 Å². The summed E-state index contributed by atoms with van der Waals surface area (Å²) < 4.78 is 0. The number of carbonyl (C=O) groups is 1. The van der Waals surface area contributed by atoms with Crippen LogP contribution in [0.4, 0.5) is 0 Å². The van der Waals surface area contributed by atoms with Crippen LogP contribution in [-0.2, 0) is 0 Å². The van der Waals surface area contributed by atoms with Gasteiger partial charge in [0.2, 0.25) is 0 Å². The molecule has 2 heterocycles. The maximum Gasteiger partial charge on any atom is 0.275 e. The van der Waals surface area contributed by atoms with Crippen LogP contribution in [0.1, 0.15) is 36.7 Å². The van der Waals surface area contributed by atoms with Gasteiger partial charge in [-0.3, -0.25) is 9.89 Å². The van der Waals surface area contributed by atoms with E-state index < -0.39 is 0 Å². The lowest BCUT2D eigenvalue weighted by Gasteiger charge is -2.34. The molecule has 0 saturated carbocycles. The molecule has 1 amide bonds. The van der Waals surface area contributed by atoms with E-state index in [1.807, 2.05) is 29.2 Å². The Morgan fingerprint density at radius 1 is 1.33 bits per heavy atom. The fraction of sp³-hybridized carbons (Fsp3) is 0.500. The summed E-state index contributed by atoms with van der Waals surface area (Å²) in [6.07, 6.45) is 3.01. The van der Waals surface area contributed by atoms with E-state index in [1.165, 1.54) is 0 Å². The van der Waals surface area contributed by atoms with Gasteiger partial charge >= 0.3 is 0 Å². The number of benzene rings is 1. The summed E-state index contributed by atoms with van der Waals surface area (Å²) in [5, 5.41) is 11.5. The van der Waals surface area contributed by atoms with Gasteiger partial charge in [-0.05, 0) is 38.4 Å². The van der Waals surface area contributed by atoms with E-state index in [0.717, 1.165) is 49.8 Å². The van der Waals surface area contributed by atoms with E-state index in [0.29, 0.717) is 11.7 Å². The molecule has 1 aliphatic rings. The fourth-order valence-electron chi connectivity index (χ4n) is 3.07. The minimum Gasteiger partial charge on any atom is -0.334 e. The van der Waals surface area contributed by atoms with Crippen LogP contribution in [0.15, 0.2) is 24.3 Å². The van der Waals surface area contributed by atoms with Crippen LogP contribution in [0, 0.1) is 0 Å². The van der Waals surface area contributed by atoms with Crippen molar-refractivity contribution in [1.82, 2.24) is 20.4 Å². The Morgan fingerprint density at radius 3 is 2.86 bits per heavy atom. The molecule has 2 N–H and O–H groups in total. The molecule has 1 saturated heterocycles. The van der Waals surface area contributed by atoms with Crippen molar-refractivity contribution in [3.8, 4) is 0 Å². The van der Waals surface area contributed by atoms with Crippen LogP contribution in [0.2, 0.25) is 0 Å². The summed E-state index contributed by atoms with van der Waals surface area (Å²) in [4.78, 5) is 14.9. The van der Waals surface area contributed by atoms with Crippen LogP contribution in [-0.4, -0.2) is 46.7 Å². The fourth-order valence-corrected chi connectivity index (χ4v) is 3.07. The SMILES string of the molecule is CCCN(C(=O)c1n[nH]c2ccccc12)C1CCNCC1. The Morgan fingerprint density at radius 2 is 2.10 bits per heavy atom. The molecule has 1 aliphatic heterocycles. The second-order valence-electron chi connectivity index (χ2n) is 5.60. The second kappa shape index (κ2) is 6.26. The first-order valence-corrected chi connectivity index (χ1v) is 7.76. The normalized spacial score (nSPS) is 16.2. The third-order valence-electron chi connectivity index (χ3n) is 4.15. The molecular formula is C16H22N4O. The summed E-state index contributed by atoms with van der Waals surface area (Å²) in [5.74, 6) is 0.0567. The first kappa shape index (κ1) is 14.1. The van der Waals surface area contributed by atoms with Gasteiger partial charge in [-0.2, -0.15) is 5.10 Å². The second-order valence-corrected chi connectivity index (χ2v) is 5.60. The largest absolute Gasteiger partial charge is 0.334 e. The van der Waals surface area contributed by atoms with Gasteiger partial charge in [-0.25, -0.2) is 0 Å². The number of para-hydroxylation sites is 1. The molecule has 5 heteroatoms. The van der Waals surface area contributed by atoms with E-state index >= 15 is 0 Å². The molecule has 0 aliphatic carbocycles. The van der Waals surface area contributed by atoms with Gasteiger partial charge in [-0.15, -0.1) is 0 Å².